The summed E-state index contributed by atoms with van der Waals surface area (Å²) in [7, 11) is -1.94. The third kappa shape index (κ3) is 16.1. The second kappa shape index (κ2) is 19.5. The predicted octanol–water partition coefficient (Wildman–Crippen LogP) is 10.6. The molecule has 0 amide bonds. The standard InChI is InChI=1S/C30H55O3P/c1-6-7-8-9-17-24-30(25-18-11-13-20-27(2)3,26-19-12-14-21-28(4)5)33-34(31)32-29-22-15-10-16-23-29/h10,15-16,22-23,27-28,31H,6-9,11-14,17-21,24-26H2,1-5H3. The minimum absolute atomic E-state index is 0.267. The highest BCUT2D eigenvalue weighted by molar-refractivity contribution is 7.41. The van der Waals surface area contributed by atoms with Gasteiger partial charge in [0, 0.05) is 0 Å². The Hall–Kier alpha value is -0.630. The molecule has 0 radical (unpaired) electrons. The molecular formula is C30H55O3P. The lowest BCUT2D eigenvalue weighted by atomic mass is 9.85. The number of unbranched alkanes of at least 4 members (excludes halogenated alkanes) is 8. The Kier molecular flexibility index (Phi) is 18.1. The molecule has 34 heavy (non-hydrogen) atoms. The number of rotatable bonds is 22. The summed E-state index contributed by atoms with van der Waals surface area (Å²) in [6, 6.07) is 9.60. The van der Waals surface area contributed by atoms with E-state index in [-0.39, 0.29) is 5.60 Å². The fraction of sp³-hybridized carbons (Fsp3) is 0.800. The SMILES string of the molecule is CCCCCCCC(CCCCCC(C)C)(CCCCCC(C)C)OP(O)Oc1ccccc1. The van der Waals surface area contributed by atoms with Crippen molar-refractivity contribution in [3.8, 4) is 5.75 Å². The number of benzene rings is 1. The van der Waals surface area contributed by atoms with Gasteiger partial charge in [0.25, 0.3) is 0 Å². The summed E-state index contributed by atoms with van der Waals surface area (Å²) in [6.45, 7) is 11.5. The van der Waals surface area contributed by atoms with Gasteiger partial charge in [0.05, 0.1) is 5.60 Å². The van der Waals surface area contributed by atoms with E-state index < -0.39 is 8.60 Å². The summed E-state index contributed by atoms with van der Waals surface area (Å²) in [5.74, 6) is 2.22. The van der Waals surface area contributed by atoms with Crippen LogP contribution >= 0.6 is 8.60 Å². The van der Waals surface area contributed by atoms with Gasteiger partial charge >= 0.3 is 8.60 Å². The Morgan fingerprint density at radius 2 is 1.18 bits per heavy atom. The van der Waals surface area contributed by atoms with E-state index >= 15 is 0 Å². The van der Waals surface area contributed by atoms with Crippen LogP contribution in [0.1, 0.15) is 137 Å². The fourth-order valence-corrected chi connectivity index (χ4v) is 5.62. The van der Waals surface area contributed by atoms with Gasteiger partial charge in [0.15, 0.2) is 0 Å². The maximum atomic E-state index is 10.9. The minimum Gasteiger partial charge on any atom is -0.427 e. The monoisotopic (exact) mass is 494 g/mol. The Balaban J connectivity index is 2.80. The Bertz CT molecular complexity index is 558. The van der Waals surface area contributed by atoms with Crippen LogP contribution in [0.25, 0.3) is 0 Å². The van der Waals surface area contributed by atoms with Gasteiger partial charge in [-0.25, -0.2) is 0 Å². The van der Waals surface area contributed by atoms with Crippen molar-refractivity contribution in [2.75, 3.05) is 0 Å². The molecule has 0 spiro atoms. The molecule has 0 aromatic heterocycles. The molecule has 1 aromatic carbocycles. The fourth-order valence-electron chi connectivity index (χ4n) is 4.67. The minimum atomic E-state index is -1.94. The lowest BCUT2D eigenvalue weighted by molar-refractivity contribution is 0.0236. The normalized spacial score (nSPS) is 13.1. The summed E-state index contributed by atoms with van der Waals surface area (Å²) in [6.07, 6.45) is 19.4. The molecule has 3 nitrogen and oxygen atoms in total. The van der Waals surface area contributed by atoms with Crippen LogP contribution in [0.2, 0.25) is 0 Å². The van der Waals surface area contributed by atoms with Crippen molar-refractivity contribution in [1.29, 1.82) is 0 Å². The van der Waals surface area contributed by atoms with Crippen molar-refractivity contribution in [2.45, 2.75) is 143 Å². The molecule has 0 fully saturated rings. The molecule has 1 rings (SSSR count). The summed E-state index contributed by atoms with van der Waals surface area (Å²) < 4.78 is 12.3. The van der Waals surface area contributed by atoms with E-state index in [4.69, 9.17) is 9.05 Å². The topological polar surface area (TPSA) is 38.7 Å². The van der Waals surface area contributed by atoms with Crippen LogP contribution in [0.15, 0.2) is 30.3 Å². The van der Waals surface area contributed by atoms with Gasteiger partial charge in [0.1, 0.15) is 5.75 Å². The zero-order valence-corrected chi connectivity index (χ0v) is 24.0. The van der Waals surface area contributed by atoms with Gasteiger partial charge in [-0.05, 0) is 43.2 Å². The van der Waals surface area contributed by atoms with Gasteiger partial charge in [0.2, 0.25) is 0 Å². The molecular weight excluding hydrogens is 439 g/mol. The second-order valence-electron chi connectivity index (χ2n) is 11.1. The van der Waals surface area contributed by atoms with Crippen LogP contribution < -0.4 is 4.52 Å². The first-order valence-corrected chi connectivity index (χ1v) is 15.4. The van der Waals surface area contributed by atoms with Crippen molar-refractivity contribution >= 4 is 8.60 Å². The van der Waals surface area contributed by atoms with Crippen molar-refractivity contribution in [1.82, 2.24) is 0 Å². The first-order valence-electron chi connectivity index (χ1n) is 14.3. The van der Waals surface area contributed by atoms with Gasteiger partial charge in [-0.3, -0.25) is 4.52 Å². The van der Waals surface area contributed by atoms with Crippen molar-refractivity contribution in [3.05, 3.63) is 30.3 Å². The quantitative estimate of drug-likeness (QED) is 0.129. The highest BCUT2D eigenvalue weighted by atomic mass is 31.2. The molecule has 1 aromatic rings. The summed E-state index contributed by atoms with van der Waals surface area (Å²) >= 11 is 0. The number of hydrogen-bond acceptors (Lipinski definition) is 3. The predicted molar refractivity (Wildman–Crippen MR) is 149 cm³/mol. The van der Waals surface area contributed by atoms with Crippen LogP contribution in [-0.2, 0) is 4.52 Å². The third-order valence-electron chi connectivity index (χ3n) is 6.76. The van der Waals surface area contributed by atoms with E-state index in [2.05, 4.69) is 34.6 Å². The largest absolute Gasteiger partial charge is 0.427 e. The molecule has 0 bridgehead atoms. The van der Waals surface area contributed by atoms with Crippen LogP contribution in [-0.4, -0.2) is 10.5 Å². The van der Waals surface area contributed by atoms with E-state index in [0.29, 0.717) is 5.75 Å². The van der Waals surface area contributed by atoms with E-state index in [0.717, 1.165) is 31.1 Å². The summed E-state index contributed by atoms with van der Waals surface area (Å²) in [5, 5.41) is 0. The summed E-state index contributed by atoms with van der Waals surface area (Å²) in [5.41, 5.74) is -0.267. The highest BCUT2D eigenvalue weighted by Gasteiger charge is 2.34. The van der Waals surface area contributed by atoms with Gasteiger partial charge in [-0.15, -0.1) is 0 Å². The molecule has 0 aliphatic heterocycles. The lowest BCUT2D eigenvalue weighted by Crippen LogP contribution is -2.32. The van der Waals surface area contributed by atoms with Gasteiger partial charge in [-0.1, -0.05) is 136 Å². The van der Waals surface area contributed by atoms with E-state index in [1.165, 1.54) is 83.5 Å². The molecule has 198 valence electrons. The van der Waals surface area contributed by atoms with Crippen molar-refractivity contribution in [3.63, 3.8) is 0 Å². The summed E-state index contributed by atoms with van der Waals surface area (Å²) in [4.78, 5) is 10.9. The van der Waals surface area contributed by atoms with Gasteiger partial charge in [-0.2, -0.15) is 0 Å². The van der Waals surface area contributed by atoms with Gasteiger partial charge < -0.3 is 9.42 Å². The Morgan fingerprint density at radius 1 is 0.706 bits per heavy atom. The average molecular weight is 495 g/mol. The second-order valence-corrected chi connectivity index (χ2v) is 11.9. The molecule has 0 heterocycles. The maximum absolute atomic E-state index is 10.9. The zero-order chi connectivity index (χ0) is 25.1. The first kappa shape index (κ1) is 31.4. The molecule has 0 aliphatic rings. The number of hydrogen-bond donors (Lipinski definition) is 1. The smallest absolute Gasteiger partial charge is 0.394 e. The Labute approximate surface area is 213 Å². The third-order valence-corrected chi connectivity index (χ3v) is 7.67. The molecule has 4 heteroatoms. The maximum Gasteiger partial charge on any atom is 0.394 e. The lowest BCUT2D eigenvalue weighted by Gasteiger charge is -2.35. The zero-order valence-electron chi connectivity index (χ0n) is 23.1. The number of para-hydroxylation sites is 1. The van der Waals surface area contributed by atoms with Crippen molar-refractivity contribution in [2.24, 2.45) is 11.8 Å². The van der Waals surface area contributed by atoms with E-state index in [1.54, 1.807) is 0 Å². The van der Waals surface area contributed by atoms with Crippen LogP contribution in [0.4, 0.5) is 0 Å². The molecule has 0 saturated heterocycles. The molecule has 1 atom stereocenters. The molecule has 0 aliphatic carbocycles. The van der Waals surface area contributed by atoms with Crippen molar-refractivity contribution < 1.29 is 13.9 Å². The first-order chi connectivity index (χ1) is 16.4. The van der Waals surface area contributed by atoms with E-state index in [9.17, 15) is 4.89 Å². The molecule has 1 unspecified atom stereocenters. The average Bonchev–Trinajstić information content (AvgIpc) is 2.78. The van der Waals surface area contributed by atoms with Crippen LogP contribution in [0.5, 0.6) is 5.75 Å². The van der Waals surface area contributed by atoms with Crippen LogP contribution in [0.3, 0.4) is 0 Å². The molecule has 0 saturated carbocycles. The Morgan fingerprint density at radius 3 is 1.65 bits per heavy atom. The van der Waals surface area contributed by atoms with E-state index in [1.807, 2.05) is 30.3 Å². The molecule has 1 N–H and O–H groups in total. The highest BCUT2D eigenvalue weighted by Crippen LogP contribution is 2.45. The van der Waals surface area contributed by atoms with Crippen LogP contribution in [0, 0.1) is 11.8 Å².